The number of carbonyl (C=O) groups is 2. The fourth-order valence-corrected chi connectivity index (χ4v) is 4.06. The van der Waals surface area contributed by atoms with E-state index in [2.05, 4.69) is 11.0 Å². The third kappa shape index (κ3) is 12.0. The second kappa shape index (κ2) is 15.8. The number of aromatic nitrogens is 1. The number of fused-ring (bicyclic) bond motifs is 1. The summed E-state index contributed by atoms with van der Waals surface area (Å²) in [5.74, 6) is 0.207. The molecule has 0 spiro atoms. The van der Waals surface area contributed by atoms with Crippen molar-refractivity contribution in [1.82, 2.24) is 9.47 Å². The summed E-state index contributed by atoms with van der Waals surface area (Å²) in [7, 11) is -0.377. The van der Waals surface area contributed by atoms with Crippen molar-refractivity contribution in [3.63, 3.8) is 0 Å². The van der Waals surface area contributed by atoms with Crippen LogP contribution >= 0.6 is 7.82 Å². The molecule has 0 N–H and O–H groups in total. The fraction of sp³-hybridized carbons (Fsp3) is 0.615. The van der Waals surface area contributed by atoms with E-state index < -0.39 is 33.7 Å². The maximum Gasteiger partial charge on any atom is 0.510 e. The van der Waals surface area contributed by atoms with Gasteiger partial charge in [-0.1, -0.05) is 39.3 Å². The smallest absolute Gasteiger partial charge is 0.434 e. The molecule has 0 unspecified atom stereocenters. The van der Waals surface area contributed by atoms with Crippen LogP contribution in [0.5, 0.6) is 0 Å². The van der Waals surface area contributed by atoms with E-state index in [1.165, 1.54) is 0 Å². The Morgan fingerprint density at radius 1 is 0.897 bits per heavy atom. The molecule has 2 rings (SSSR count). The van der Waals surface area contributed by atoms with Gasteiger partial charge in [0.05, 0.1) is 18.7 Å². The van der Waals surface area contributed by atoms with E-state index in [-0.39, 0.29) is 31.8 Å². The van der Waals surface area contributed by atoms with E-state index in [0.29, 0.717) is 0 Å². The molecule has 2 aromatic rings. The van der Waals surface area contributed by atoms with Gasteiger partial charge in [0.2, 0.25) is 13.6 Å². The molecule has 0 aliphatic heterocycles. The Hall–Kier alpha value is -2.63. The number of likely N-dealkylation sites (N-methyl/N-ethyl adjacent to an activating group) is 1. The van der Waals surface area contributed by atoms with Gasteiger partial charge in [0.1, 0.15) is 6.73 Å². The molecule has 13 heteroatoms. The van der Waals surface area contributed by atoms with Crippen LogP contribution in [0.25, 0.3) is 10.9 Å². The van der Waals surface area contributed by atoms with Gasteiger partial charge in [-0.15, -0.1) is 0 Å². The topological polar surface area (TPSA) is 124 Å². The maximum atomic E-state index is 13.3. The highest BCUT2D eigenvalue weighted by molar-refractivity contribution is 7.48. The Morgan fingerprint density at radius 3 is 1.97 bits per heavy atom. The third-order valence-electron chi connectivity index (χ3n) is 5.15. The van der Waals surface area contributed by atoms with Gasteiger partial charge in [-0.2, -0.15) is 0 Å². The minimum Gasteiger partial charge on any atom is -0.434 e. The number of hydrogen-bond donors (Lipinski definition) is 0. The standard InChI is InChI=1S/C26H41N2O10P/c1-19(2)14-32-25(29)34-17-37-39(31,38-18-35-26(30)33-15-20(3)4)36-16-28-13-22(10-11-27(6)7)23-12-21(5)8-9-24(23)28/h8-9,12-13,19-20H,10-11,14-18H2,1-7H3. The molecule has 0 atom stereocenters. The number of ether oxygens (including phenoxy) is 4. The molecule has 1 aromatic carbocycles. The largest absolute Gasteiger partial charge is 0.510 e. The lowest BCUT2D eigenvalue weighted by Gasteiger charge is -2.18. The normalized spacial score (nSPS) is 11.9. The summed E-state index contributed by atoms with van der Waals surface area (Å²) in [6, 6.07) is 5.99. The van der Waals surface area contributed by atoms with Gasteiger partial charge in [-0.05, 0) is 57.0 Å². The van der Waals surface area contributed by atoms with Crippen molar-refractivity contribution in [3.8, 4) is 0 Å². The van der Waals surface area contributed by atoms with Gasteiger partial charge in [0.25, 0.3) is 0 Å². The molecule has 0 saturated carbocycles. The van der Waals surface area contributed by atoms with E-state index in [4.69, 9.17) is 32.5 Å². The summed E-state index contributed by atoms with van der Waals surface area (Å²) in [4.78, 5) is 25.6. The Kier molecular flexibility index (Phi) is 13.2. The van der Waals surface area contributed by atoms with Crippen LogP contribution in [0.4, 0.5) is 9.59 Å². The second-order valence-electron chi connectivity index (χ2n) is 10.1. The predicted molar refractivity (Wildman–Crippen MR) is 144 cm³/mol. The lowest BCUT2D eigenvalue weighted by atomic mass is 10.1. The summed E-state index contributed by atoms with van der Waals surface area (Å²) < 4.78 is 50.4. The Bertz CT molecular complexity index is 1080. The van der Waals surface area contributed by atoms with E-state index in [1.807, 2.05) is 67.0 Å². The molecular weight excluding hydrogens is 531 g/mol. The second-order valence-corrected chi connectivity index (χ2v) is 11.8. The fourth-order valence-electron chi connectivity index (χ4n) is 3.21. The zero-order valence-corrected chi connectivity index (χ0v) is 24.7. The van der Waals surface area contributed by atoms with Crippen molar-refractivity contribution in [1.29, 1.82) is 0 Å². The lowest BCUT2D eigenvalue weighted by Crippen LogP contribution is -2.16. The van der Waals surface area contributed by atoms with Crippen LogP contribution in [0.3, 0.4) is 0 Å². The average Bonchev–Trinajstić information content (AvgIpc) is 3.20. The van der Waals surface area contributed by atoms with Crippen molar-refractivity contribution in [3.05, 3.63) is 35.5 Å². The summed E-state index contributed by atoms with van der Waals surface area (Å²) in [5.41, 5.74) is 3.06. The van der Waals surface area contributed by atoms with Gasteiger partial charge in [0.15, 0.2) is 0 Å². The molecule has 0 amide bonds. The molecule has 0 aliphatic carbocycles. The summed E-state index contributed by atoms with van der Waals surface area (Å²) in [5, 5.41) is 1.05. The lowest BCUT2D eigenvalue weighted by molar-refractivity contribution is -0.0442. The van der Waals surface area contributed by atoms with Gasteiger partial charge < -0.3 is 28.4 Å². The Balaban J connectivity index is 2.11. The average molecular weight is 573 g/mol. The SMILES string of the molecule is Cc1ccc2c(c1)c(CCN(C)C)cn2COP(=O)(OCOC(=O)OCC(C)C)OCOC(=O)OCC(C)C. The van der Waals surface area contributed by atoms with E-state index >= 15 is 0 Å². The first-order chi connectivity index (χ1) is 18.4. The number of hydrogen-bond acceptors (Lipinski definition) is 11. The summed E-state index contributed by atoms with van der Waals surface area (Å²) >= 11 is 0. The van der Waals surface area contributed by atoms with Crippen molar-refractivity contribution < 1.29 is 46.7 Å². The molecule has 0 bridgehead atoms. The molecule has 1 heterocycles. The van der Waals surface area contributed by atoms with Crippen LogP contribution in [-0.4, -0.2) is 69.2 Å². The van der Waals surface area contributed by atoms with E-state index in [0.717, 1.165) is 35.0 Å². The van der Waals surface area contributed by atoms with E-state index in [1.54, 1.807) is 4.57 Å². The molecule has 0 radical (unpaired) electrons. The van der Waals surface area contributed by atoms with Crippen molar-refractivity contribution >= 4 is 31.0 Å². The van der Waals surface area contributed by atoms with E-state index in [9.17, 15) is 14.2 Å². The maximum absolute atomic E-state index is 13.3. The zero-order chi connectivity index (χ0) is 29.0. The summed E-state index contributed by atoms with van der Waals surface area (Å²) in [6.45, 7) is 8.84. The molecule has 0 saturated heterocycles. The number of phosphoric ester groups is 1. The number of rotatable bonds is 16. The van der Waals surface area contributed by atoms with Crippen molar-refractivity contribution in [2.24, 2.45) is 11.8 Å². The first-order valence-corrected chi connectivity index (χ1v) is 14.2. The van der Waals surface area contributed by atoms with Crippen LogP contribution in [0, 0.1) is 18.8 Å². The monoisotopic (exact) mass is 572 g/mol. The highest BCUT2D eigenvalue weighted by atomic mass is 31.2. The highest BCUT2D eigenvalue weighted by Crippen LogP contribution is 2.50. The van der Waals surface area contributed by atoms with Gasteiger partial charge >= 0.3 is 20.1 Å². The quantitative estimate of drug-likeness (QED) is 0.140. The van der Waals surface area contributed by atoms with Gasteiger partial charge in [-0.3, -0.25) is 4.52 Å². The molecular formula is C26H41N2O10P. The zero-order valence-electron chi connectivity index (χ0n) is 23.8. The van der Waals surface area contributed by atoms with Crippen LogP contribution < -0.4 is 0 Å². The van der Waals surface area contributed by atoms with Gasteiger partial charge in [0, 0.05) is 18.1 Å². The van der Waals surface area contributed by atoms with Crippen LogP contribution in [0.2, 0.25) is 0 Å². The number of phosphoric acid groups is 1. The molecule has 220 valence electrons. The van der Waals surface area contributed by atoms with Crippen LogP contribution in [0.1, 0.15) is 38.8 Å². The number of benzene rings is 1. The predicted octanol–water partition coefficient (Wildman–Crippen LogP) is 5.70. The third-order valence-corrected chi connectivity index (χ3v) is 6.42. The van der Waals surface area contributed by atoms with Crippen LogP contribution in [-0.2, 0) is 50.2 Å². The number of aryl methyl sites for hydroxylation is 1. The number of carbonyl (C=O) groups excluding carboxylic acids is 2. The molecule has 39 heavy (non-hydrogen) atoms. The number of nitrogens with zero attached hydrogens (tertiary/aromatic N) is 2. The Labute approximate surface area is 230 Å². The molecule has 12 nitrogen and oxygen atoms in total. The molecule has 0 fully saturated rings. The van der Waals surface area contributed by atoms with Crippen molar-refractivity contribution in [2.45, 2.75) is 47.8 Å². The highest BCUT2D eigenvalue weighted by Gasteiger charge is 2.29. The first kappa shape index (κ1) is 32.6. The minimum absolute atomic E-state index is 0.103. The Morgan fingerprint density at radius 2 is 1.46 bits per heavy atom. The minimum atomic E-state index is -4.38. The van der Waals surface area contributed by atoms with Gasteiger partial charge in [-0.25, -0.2) is 23.2 Å². The molecule has 0 aliphatic rings. The molecule has 1 aromatic heterocycles. The van der Waals surface area contributed by atoms with Crippen molar-refractivity contribution in [2.75, 3.05) is 47.4 Å². The van der Waals surface area contributed by atoms with Crippen LogP contribution in [0.15, 0.2) is 24.4 Å². The first-order valence-electron chi connectivity index (χ1n) is 12.7. The summed E-state index contributed by atoms with van der Waals surface area (Å²) in [6.07, 6.45) is 0.711.